The molecule has 2 heterocycles. The number of amides is 1. The first-order valence-corrected chi connectivity index (χ1v) is 10.00. The maximum atomic E-state index is 12.3. The molecule has 1 aromatic carbocycles. The smallest absolute Gasteiger partial charge is 0.306 e. The number of aryl methyl sites for hydroxylation is 2. The lowest BCUT2D eigenvalue weighted by Gasteiger charge is -2.34. The summed E-state index contributed by atoms with van der Waals surface area (Å²) in [6, 6.07) is 7.24. The number of ether oxygens (including phenoxy) is 1. The van der Waals surface area contributed by atoms with Crippen LogP contribution in [0.3, 0.4) is 0 Å². The van der Waals surface area contributed by atoms with Crippen LogP contribution in [0.5, 0.6) is 0 Å². The van der Waals surface area contributed by atoms with Crippen LogP contribution in [-0.4, -0.2) is 65.3 Å². The largest absolute Gasteiger partial charge is 0.456 e. The van der Waals surface area contributed by atoms with Gasteiger partial charge in [0.1, 0.15) is 0 Å². The maximum Gasteiger partial charge on any atom is 0.306 e. The Balaban J connectivity index is 1.38. The number of ketones is 1. The molecule has 158 valence electrons. The molecular weight excluding hydrogens is 384 g/mol. The number of piperazine rings is 1. The fraction of sp³-hybridized carbons (Fsp3) is 0.409. The van der Waals surface area contributed by atoms with Crippen LogP contribution in [0.2, 0.25) is 0 Å². The molecule has 30 heavy (non-hydrogen) atoms. The molecule has 1 aliphatic heterocycles. The molecule has 0 spiro atoms. The highest BCUT2D eigenvalue weighted by Gasteiger charge is 2.23. The summed E-state index contributed by atoms with van der Waals surface area (Å²) < 4.78 is 5.08. The van der Waals surface area contributed by atoms with Crippen LogP contribution in [-0.2, 0) is 14.3 Å². The number of carbonyl (C=O) groups excluding carboxylic acids is 3. The molecule has 1 saturated heterocycles. The number of hydrogen-bond donors (Lipinski definition) is 0. The van der Waals surface area contributed by atoms with Gasteiger partial charge >= 0.3 is 5.97 Å². The van der Waals surface area contributed by atoms with Gasteiger partial charge in [0.05, 0.1) is 6.42 Å². The van der Waals surface area contributed by atoms with Gasteiger partial charge in [-0.3, -0.25) is 14.4 Å². The van der Waals surface area contributed by atoms with Crippen molar-refractivity contribution in [2.24, 2.45) is 0 Å². The van der Waals surface area contributed by atoms with Crippen molar-refractivity contribution in [1.29, 1.82) is 0 Å². The van der Waals surface area contributed by atoms with E-state index in [1.54, 1.807) is 29.4 Å². The first-order chi connectivity index (χ1) is 14.4. The predicted octanol–water partition coefficient (Wildman–Crippen LogP) is 1.95. The van der Waals surface area contributed by atoms with E-state index in [2.05, 4.69) is 9.97 Å². The van der Waals surface area contributed by atoms with Crippen LogP contribution >= 0.6 is 0 Å². The van der Waals surface area contributed by atoms with E-state index in [-0.39, 0.29) is 31.1 Å². The van der Waals surface area contributed by atoms with Gasteiger partial charge in [0, 0.05) is 50.6 Å². The second-order valence-corrected chi connectivity index (χ2v) is 7.30. The van der Waals surface area contributed by atoms with Gasteiger partial charge in [0.2, 0.25) is 5.95 Å². The standard InChI is InChI=1S/C22H26N4O4/c1-16-4-5-18(14-17(16)2)19(27)6-7-21(29)30-15-20(28)25-10-12-26(13-11-25)22-23-8-3-9-24-22/h3-5,8-9,14H,6-7,10-13,15H2,1-2H3. The number of rotatable bonds is 7. The fourth-order valence-corrected chi connectivity index (χ4v) is 3.19. The molecule has 1 aliphatic rings. The predicted molar refractivity (Wildman–Crippen MR) is 111 cm³/mol. The number of nitrogens with zero attached hydrogens (tertiary/aromatic N) is 4. The Morgan fingerprint density at radius 2 is 1.67 bits per heavy atom. The van der Waals surface area contributed by atoms with E-state index in [1.807, 2.05) is 30.9 Å². The number of aromatic nitrogens is 2. The second-order valence-electron chi connectivity index (χ2n) is 7.30. The van der Waals surface area contributed by atoms with Crippen molar-refractivity contribution in [1.82, 2.24) is 14.9 Å². The fourth-order valence-electron chi connectivity index (χ4n) is 3.19. The molecule has 0 saturated carbocycles. The number of esters is 1. The third-order valence-corrected chi connectivity index (χ3v) is 5.21. The van der Waals surface area contributed by atoms with Crippen LogP contribution in [0, 0.1) is 13.8 Å². The lowest BCUT2D eigenvalue weighted by Crippen LogP contribution is -2.50. The third kappa shape index (κ3) is 5.62. The van der Waals surface area contributed by atoms with Gasteiger partial charge in [-0.2, -0.15) is 0 Å². The Bertz CT molecular complexity index is 909. The van der Waals surface area contributed by atoms with Crippen molar-refractivity contribution in [2.45, 2.75) is 26.7 Å². The van der Waals surface area contributed by atoms with E-state index in [0.29, 0.717) is 37.7 Å². The minimum Gasteiger partial charge on any atom is -0.456 e. The topological polar surface area (TPSA) is 92.7 Å². The Morgan fingerprint density at radius 1 is 0.967 bits per heavy atom. The van der Waals surface area contributed by atoms with Crippen molar-refractivity contribution in [3.63, 3.8) is 0 Å². The monoisotopic (exact) mass is 410 g/mol. The van der Waals surface area contributed by atoms with Crippen molar-refractivity contribution >= 4 is 23.6 Å². The Hall–Kier alpha value is -3.29. The number of carbonyl (C=O) groups is 3. The van der Waals surface area contributed by atoms with Gasteiger partial charge in [-0.1, -0.05) is 12.1 Å². The van der Waals surface area contributed by atoms with Crippen molar-refractivity contribution < 1.29 is 19.1 Å². The SMILES string of the molecule is Cc1ccc(C(=O)CCC(=O)OCC(=O)N2CCN(c3ncccn3)CC2)cc1C. The molecular formula is C22H26N4O4. The highest BCUT2D eigenvalue weighted by molar-refractivity contribution is 5.97. The normalized spacial score (nSPS) is 13.8. The number of hydrogen-bond acceptors (Lipinski definition) is 7. The van der Waals surface area contributed by atoms with Crippen molar-refractivity contribution in [2.75, 3.05) is 37.7 Å². The highest BCUT2D eigenvalue weighted by atomic mass is 16.5. The summed E-state index contributed by atoms with van der Waals surface area (Å²) in [6.45, 7) is 5.88. The summed E-state index contributed by atoms with van der Waals surface area (Å²) in [6.07, 6.45) is 3.39. The number of Topliss-reactive ketones (excluding diaryl/α,β-unsaturated/α-hetero) is 1. The van der Waals surface area contributed by atoms with E-state index in [4.69, 9.17) is 4.74 Å². The minimum atomic E-state index is -0.545. The first-order valence-electron chi connectivity index (χ1n) is 10.00. The summed E-state index contributed by atoms with van der Waals surface area (Å²) >= 11 is 0. The van der Waals surface area contributed by atoms with Crippen molar-refractivity contribution in [3.8, 4) is 0 Å². The molecule has 1 amide bonds. The molecule has 8 heteroatoms. The molecule has 0 N–H and O–H groups in total. The van der Waals surface area contributed by atoms with Crippen LogP contribution in [0.15, 0.2) is 36.7 Å². The zero-order valence-electron chi connectivity index (χ0n) is 17.3. The van der Waals surface area contributed by atoms with E-state index < -0.39 is 5.97 Å². The van der Waals surface area contributed by atoms with Crippen molar-refractivity contribution in [3.05, 3.63) is 53.3 Å². The summed E-state index contributed by atoms with van der Waals surface area (Å²) in [5.41, 5.74) is 2.73. The van der Waals surface area contributed by atoms with Gasteiger partial charge in [-0.15, -0.1) is 0 Å². The Morgan fingerprint density at radius 3 is 2.33 bits per heavy atom. The second kappa shape index (κ2) is 9.96. The maximum absolute atomic E-state index is 12.3. The molecule has 8 nitrogen and oxygen atoms in total. The lowest BCUT2D eigenvalue weighted by molar-refractivity contribution is -0.152. The molecule has 0 bridgehead atoms. The molecule has 0 aliphatic carbocycles. The quantitative estimate of drug-likeness (QED) is 0.509. The average molecular weight is 410 g/mol. The van der Waals surface area contributed by atoms with Gasteiger partial charge in [-0.05, 0) is 37.1 Å². The third-order valence-electron chi connectivity index (χ3n) is 5.21. The molecule has 1 fully saturated rings. The number of anilines is 1. The Kier molecular flexibility index (Phi) is 7.11. The molecule has 3 rings (SSSR count). The van der Waals surface area contributed by atoms with Crippen LogP contribution in [0.1, 0.15) is 34.3 Å². The number of benzene rings is 1. The van der Waals surface area contributed by atoms with E-state index in [1.165, 1.54) is 0 Å². The van der Waals surface area contributed by atoms with Gasteiger partial charge in [-0.25, -0.2) is 9.97 Å². The molecule has 0 radical (unpaired) electrons. The Labute approximate surface area is 175 Å². The molecule has 0 unspecified atom stereocenters. The summed E-state index contributed by atoms with van der Waals surface area (Å²) in [5.74, 6) is -0.251. The minimum absolute atomic E-state index is 0.0435. The van der Waals surface area contributed by atoms with Gasteiger partial charge in [0.15, 0.2) is 12.4 Å². The molecule has 1 aromatic heterocycles. The van der Waals surface area contributed by atoms with Gasteiger partial charge in [0.25, 0.3) is 5.91 Å². The van der Waals surface area contributed by atoms with E-state index in [0.717, 1.165) is 11.1 Å². The zero-order chi connectivity index (χ0) is 21.5. The van der Waals surface area contributed by atoms with E-state index in [9.17, 15) is 14.4 Å². The highest BCUT2D eigenvalue weighted by Crippen LogP contribution is 2.13. The van der Waals surface area contributed by atoms with Gasteiger partial charge < -0.3 is 14.5 Å². The van der Waals surface area contributed by atoms with E-state index >= 15 is 0 Å². The summed E-state index contributed by atoms with van der Waals surface area (Å²) in [4.78, 5) is 48.6. The summed E-state index contributed by atoms with van der Waals surface area (Å²) in [5, 5.41) is 0. The molecule has 2 aromatic rings. The molecule has 0 atom stereocenters. The zero-order valence-corrected chi connectivity index (χ0v) is 17.3. The van der Waals surface area contributed by atoms with Crippen LogP contribution in [0.25, 0.3) is 0 Å². The first kappa shape index (κ1) is 21.4. The van der Waals surface area contributed by atoms with Crippen LogP contribution in [0.4, 0.5) is 5.95 Å². The summed E-state index contributed by atoms with van der Waals surface area (Å²) in [7, 11) is 0. The van der Waals surface area contributed by atoms with Crippen LogP contribution < -0.4 is 4.90 Å². The average Bonchev–Trinajstić information content (AvgIpc) is 2.78. The lowest BCUT2D eigenvalue weighted by atomic mass is 10.0.